The molecule has 0 amide bonds. The van der Waals surface area contributed by atoms with Crippen molar-refractivity contribution >= 4 is 32.4 Å². The van der Waals surface area contributed by atoms with E-state index in [0.717, 1.165) is 25.7 Å². The molecule has 0 bridgehead atoms. The quantitative estimate of drug-likeness (QED) is 0.593. The van der Waals surface area contributed by atoms with Gasteiger partial charge in [0.25, 0.3) is 10.0 Å². The largest absolute Gasteiger partial charge is 0.497 e. The van der Waals surface area contributed by atoms with Crippen LogP contribution in [0.25, 0.3) is 11.0 Å². The van der Waals surface area contributed by atoms with Gasteiger partial charge in [-0.05, 0) is 49.2 Å². The molecule has 1 aromatic heterocycles. The third-order valence-corrected chi connectivity index (χ3v) is 6.49. The molecule has 1 fully saturated rings. The molecular formula is C21H22N2O5S. The molecule has 0 unspecified atom stereocenters. The van der Waals surface area contributed by atoms with Gasteiger partial charge in [0.15, 0.2) is 5.69 Å². The molecule has 2 N–H and O–H groups in total. The fraction of sp³-hybridized carbons (Fsp3) is 0.286. The van der Waals surface area contributed by atoms with Crippen molar-refractivity contribution in [3.05, 3.63) is 59.0 Å². The maximum atomic E-state index is 12.9. The predicted molar refractivity (Wildman–Crippen MR) is 112 cm³/mol. The molecule has 4 rings (SSSR count). The SMILES string of the molecule is COc1ccc(S(=O)(=O)Nc2c(NC3CCCC3)c3ccccc3oc2=O)cc1. The lowest BCUT2D eigenvalue weighted by Crippen LogP contribution is -2.23. The number of anilines is 2. The van der Waals surface area contributed by atoms with Gasteiger partial charge in [0.05, 0.1) is 17.7 Å². The zero-order chi connectivity index (χ0) is 20.4. The Hall–Kier alpha value is -3.00. The van der Waals surface area contributed by atoms with Crippen LogP contribution < -0.4 is 20.4 Å². The van der Waals surface area contributed by atoms with Crippen LogP contribution in [0.4, 0.5) is 11.4 Å². The van der Waals surface area contributed by atoms with Crippen LogP contribution >= 0.6 is 0 Å². The van der Waals surface area contributed by atoms with Crippen molar-refractivity contribution in [2.75, 3.05) is 17.1 Å². The zero-order valence-corrected chi connectivity index (χ0v) is 16.8. The van der Waals surface area contributed by atoms with Crippen LogP contribution in [0.1, 0.15) is 25.7 Å². The summed E-state index contributed by atoms with van der Waals surface area (Å²) < 4.78 is 38.7. The second-order valence-corrected chi connectivity index (χ2v) is 8.72. The average Bonchev–Trinajstić information content (AvgIpc) is 3.24. The molecule has 0 atom stereocenters. The van der Waals surface area contributed by atoms with Gasteiger partial charge in [0, 0.05) is 11.4 Å². The second kappa shape index (κ2) is 7.79. The van der Waals surface area contributed by atoms with Gasteiger partial charge in [-0.1, -0.05) is 25.0 Å². The fourth-order valence-corrected chi connectivity index (χ4v) is 4.68. The van der Waals surface area contributed by atoms with Crippen LogP contribution in [0.15, 0.2) is 62.6 Å². The predicted octanol–water partition coefficient (Wildman–Crippen LogP) is 3.96. The van der Waals surface area contributed by atoms with Crippen LogP contribution in [-0.2, 0) is 10.0 Å². The first-order valence-electron chi connectivity index (χ1n) is 9.47. The number of nitrogens with one attached hydrogen (secondary N) is 2. The molecule has 0 aliphatic heterocycles. The molecule has 1 heterocycles. The molecule has 152 valence electrons. The molecule has 0 spiro atoms. The lowest BCUT2D eigenvalue weighted by atomic mass is 10.1. The highest BCUT2D eigenvalue weighted by Gasteiger charge is 2.24. The number of benzene rings is 2. The summed E-state index contributed by atoms with van der Waals surface area (Å²) in [5, 5.41) is 4.04. The molecule has 7 nitrogen and oxygen atoms in total. The highest BCUT2D eigenvalue weighted by Crippen LogP contribution is 2.33. The maximum Gasteiger partial charge on any atom is 0.363 e. The van der Waals surface area contributed by atoms with Crippen molar-refractivity contribution in [3.8, 4) is 5.75 Å². The normalized spacial score (nSPS) is 14.8. The summed E-state index contributed by atoms with van der Waals surface area (Å²) in [4.78, 5) is 12.7. The Labute approximate surface area is 168 Å². The van der Waals surface area contributed by atoms with Crippen LogP contribution in [-0.4, -0.2) is 21.6 Å². The minimum atomic E-state index is -3.99. The van der Waals surface area contributed by atoms with Gasteiger partial charge in [0.2, 0.25) is 0 Å². The van der Waals surface area contributed by atoms with Crippen molar-refractivity contribution in [1.29, 1.82) is 0 Å². The number of sulfonamides is 1. The van der Waals surface area contributed by atoms with Crippen molar-refractivity contribution in [2.24, 2.45) is 0 Å². The highest BCUT2D eigenvalue weighted by atomic mass is 32.2. The topological polar surface area (TPSA) is 97.6 Å². The van der Waals surface area contributed by atoms with E-state index in [4.69, 9.17) is 9.15 Å². The Balaban J connectivity index is 1.79. The lowest BCUT2D eigenvalue weighted by Gasteiger charge is -2.19. The van der Waals surface area contributed by atoms with Gasteiger partial charge in [-0.15, -0.1) is 0 Å². The first-order chi connectivity index (χ1) is 14.0. The minimum Gasteiger partial charge on any atom is -0.497 e. The van der Waals surface area contributed by atoms with Crippen molar-refractivity contribution in [1.82, 2.24) is 0 Å². The maximum absolute atomic E-state index is 12.9. The Bertz CT molecular complexity index is 1180. The van der Waals surface area contributed by atoms with E-state index in [2.05, 4.69) is 10.0 Å². The molecule has 1 aliphatic carbocycles. The molecule has 3 aromatic rings. The number of hydrogen-bond acceptors (Lipinski definition) is 6. The average molecular weight is 414 g/mol. The number of methoxy groups -OCH3 is 1. The number of rotatable bonds is 6. The number of para-hydroxylation sites is 1. The van der Waals surface area contributed by atoms with E-state index >= 15 is 0 Å². The second-order valence-electron chi connectivity index (χ2n) is 7.04. The van der Waals surface area contributed by atoms with E-state index < -0.39 is 15.6 Å². The lowest BCUT2D eigenvalue weighted by molar-refractivity contribution is 0.414. The number of hydrogen-bond donors (Lipinski definition) is 2. The summed E-state index contributed by atoms with van der Waals surface area (Å²) >= 11 is 0. The summed E-state index contributed by atoms with van der Waals surface area (Å²) in [6.45, 7) is 0. The van der Waals surface area contributed by atoms with Crippen molar-refractivity contribution < 1.29 is 17.6 Å². The Morgan fingerprint density at radius 2 is 1.69 bits per heavy atom. The van der Waals surface area contributed by atoms with E-state index in [9.17, 15) is 13.2 Å². The Morgan fingerprint density at radius 1 is 1.00 bits per heavy atom. The molecule has 1 saturated carbocycles. The summed E-state index contributed by atoms with van der Waals surface area (Å²) in [6.07, 6.45) is 4.15. The van der Waals surface area contributed by atoms with Crippen LogP contribution in [0.5, 0.6) is 5.75 Å². The molecule has 29 heavy (non-hydrogen) atoms. The van der Waals surface area contributed by atoms with E-state index in [1.54, 1.807) is 30.3 Å². The van der Waals surface area contributed by atoms with E-state index in [0.29, 0.717) is 22.4 Å². The van der Waals surface area contributed by atoms with Gasteiger partial charge in [0.1, 0.15) is 11.3 Å². The van der Waals surface area contributed by atoms with E-state index in [1.807, 2.05) is 6.07 Å². The molecule has 2 aromatic carbocycles. The van der Waals surface area contributed by atoms with Gasteiger partial charge in [-0.3, -0.25) is 4.72 Å². The standard InChI is InChI=1S/C21H22N2O5S/c1-27-15-10-12-16(13-11-15)29(25,26)23-20-19(22-14-6-2-3-7-14)17-8-4-5-9-18(17)28-21(20)24/h4-5,8-14,22-23H,2-3,6-7H2,1H3. The van der Waals surface area contributed by atoms with Gasteiger partial charge in [-0.25, -0.2) is 13.2 Å². The third kappa shape index (κ3) is 3.93. The zero-order valence-electron chi connectivity index (χ0n) is 16.0. The van der Waals surface area contributed by atoms with Crippen molar-refractivity contribution in [2.45, 2.75) is 36.6 Å². The van der Waals surface area contributed by atoms with Crippen molar-refractivity contribution in [3.63, 3.8) is 0 Å². The van der Waals surface area contributed by atoms with Gasteiger partial charge in [-0.2, -0.15) is 0 Å². The summed E-state index contributed by atoms with van der Waals surface area (Å²) in [5.41, 5.74) is 0.0268. The Kier molecular flexibility index (Phi) is 5.19. The fourth-order valence-electron chi connectivity index (χ4n) is 3.61. The third-order valence-electron chi connectivity index (χ3n) is 5.12. The van der Waals surface area contributed by atoms with E-state index in [1.165, 1.54) is 19.2 Å². The van der Waals surface area contributed by atoms with E-state index in [-0.39, 0.29) is 16.6 Å². The molecule has 8 heteroatoms. The smallest absolute Gasteiger partial charge is 0.363 e. The van der Waals surface area contributed by atoms with Gasteiger partial charge < -0.3 is 14.5 Å². The first kappa shape index (κ1) is 19.3. The molecule has 1 aliphatic rings. The number of ether oxygens (including phenoxy) is 1. The monoisotopic (exact) mass is 414 g/mol. The molecule has 0 radical (unpaired) electrons. The minimum absolute atomic E-state index is 0.0256. The highest BCUT2D eigenvalue weighted by molar-refractivity contribution is 7.92. The van der Waals surface area contributed by atoms with Crippen LogP contribution in [0.2, 0.25) is 0 Å². The molecule has 0 saturated heterocycles. The van der Waals surface area contributed by atoms with Crippen LogP contribution in [0, 0.1) is 0 Å². The molecular weight excluding hydrogens is 392 g/mol. The summed E-state index contributed by atoms with van der Waals surface area (Å²) in [6, 6.07) is 13.2. The Morgan fingerprint density at radius 3 is 2.38 bits per heavy atom. The van der Waals surface area contributed by atoms with Crippen LogP contribution in [0.3, 0.4) is 0 Å². The van der Waals surface area contributed by atoms with Gasteiger partial charge >= 0.3 is 5.63 Å². The summed E-state index contributed by atoms with van der Waals surface area (Å²) in [5.74, 6) is 0.540. The summed E-state index contributed by atoms with van der Waals surface area (Å²) in [7, 11) is -2.49. The number of fused-ring (bicyclic) bond motifs is 1. The first-order valence-corrected chi connectivity index (χ1v) is 11.0.